The van der Waals surface area contributed by atoms with Gasteiger partial charge in [-0.1, -0.05) is 60.7 Å². The number of morpholine rings is 1. The smallest absolute Gasteiger partial charge is 0.169 e. The van der Waals surface area contributed by atoms with Gasteiger partial charge in [-0.2, -0.15) is 0 Å². The van der Waals surface area contributed by atoms with Crippen LogP contribution in [0.3, 0.4) is 0 Å². The Morgan fingerprint density at radius 1 is 0.933 bits per heavy atom. The van der Waals surface area contributed by atoms with Crippen LogP contribution in [0.5, 0.6) is 0 Å². The van der Waals surface area contributed by atoms with Gasteiger partial charge in [-0.05, 0) is 30.5 Å². The van der Waals surface area contributed by atoms with E-state index in [0.717, 1.165) is 73.9 Å². The summed E-state index contributed by atoms with van der Waals surface area (Å²) in [6.45, 7) is 7.73. The van der Waals surface area contributed by atoms with Crippen molar-refractivity contribution in [1.29, 1.82) is 0 Å². The van der Waals surface area contributed by atoms with E-state index in [9.17, 15) is 4.79 Å². The normalized spacial score (nSPS) is 14.7. The third-order valence-corrected chi connectivity index (χ3v) is 5.90. The van der Waals surface area contributed by atoms with Crippen molar-refractivity contribution >= 4 is 5.78 Å². The van der Waals surface area contributed by atoms with Crippen molar-refractivity contribution < 1.29 is 9.53 Å². The van der Waals surface area contributed by atoms with Gasteiger partial charge in [0.25, 0.3) is 0 Å². The van der Waals surface area contributed by atoms with Crippen LogP contribution >= 0.6 is 0 Å². The number of hydrogen-bond acceptors (Lipinski definition) is 3. The van der Waals surface area contributed by atoms with E-state index in [-0.39, 0.29) is 5.78 Å². The van der Waals surface area contributed by atoms with E-state index in [1.807, 2.05) is 36.4 Å². The molecule has 0 bridgehead atoms. The van der Waals surface area contributed by atoms with E-state index in [2.05, 4.69) is 46.7 Å². The fourth-order valence-electron chi connectivity index (χ4n) is 4.22. The van der Waals surface area contributed by atoms with Gasteiger partial charge in [0, 0.05) is 49.6 Å². The number of ketones is 1. The molecule has 2 heterocycles. The first-order valence-electron chi connectivity index (χ1n) is 10.8. The zero-order chi connectivity index (χ0) is 20.8. The first-order valence-corrected chi connectivity index (χ1v) is 10.8. The molecule has 0 saturated carbocycles. The Labute approximate surface area is 179 Å². The van der Waals surface area contributed by atoms with E-state index >= 15 is 0 Å². The second-order valence-electron chi connectivity index (χ2n) is 7.94. The first-order chi connectivity index (χ1) is 14.7. The molecular formula is C26H30N2O2. The number of aromatic nitrogens is 1. The molecule has 156 valence electrons. The number of carbonyl (C=O) groups is 1. The van der Waals surface area contributed by atoms with E-state index in [4.69, 9.17) is 4.74 Å². The Balaban J connectivity index is 1.56. The second kappa shape index (κ2) is 9.88. The fraction of sp³-hybridized carbons (Fsp3) is 0.346. The molecule has 0 N–H and O–H groups in total. The van der Waals surface area contributed by atoms with Crippen LogP contribution in [0.2, 0.25) is 0 Å². The molecule has 4 heteroatoms. The van der Waals surface area contributed by atoms with Crippen molar-refractivity contribution in [2.75, 3.05) is 32.8 Å². The molecule has 0 radical (unpaired) electrons. The molecule has 1 saturated heterocycles. The molecule has 0 amide bonds. The molecule has 4 rings (SSSR count). The Kier molecular flexibility index (Phi) is 6.77. The van der Waals surface area contributed by atoms with Crippen LogP contribution in [0.25, 0.3) is 11.3 Å². The van der Waals surface area contributed by atoms with Crippen LogP contribution in [0.1, 0.15) is 28.0 Å². The van der Waals surface area contributed by atoms with Crippen molar-refractivity contribution in [2.45, 2.75) is 26.3 Å². The zero-order valence-corrected chi connectivity index (χ0v) is 17.7. The average Bonchev–Trinajstić information content (AvgIpc) is 3.12. The van der Waals surface area contributed by atoms with Crippen molar-refractivity contribution in [3.63, 3.8) is 0 Å². The summed E-state index contributed by atoms with van der Waals surface area (Å²) in [5.74, 6) is 0.183. The van der Waals surface area contributed by atoms with Gasteiger partial charge in [0.15, 0.2) is 5.78 Å². The van der Waals surface area contributed by atoms with Gasteiger partial charge in [-0.15, -0.1) is 0 Å². The van der Waals surface area contributed by atoms with Gasteiger partial charge < -0.3 is 9.30 Å². The monoisotopic (exact) mass is 402 g/mol. The lowest BCUT2D eigenvalue weighted by atomic mass is 10.0. The topological polar surface area (TPSA) is 34.5 Å². The largest absolute Gasteiger partial charge is 0.379 e. The Hall–Kier alpha value is -2.69. The van der Waals surface area contributed by atoms with Crippen LogP contribution in [0, 0.1) is 6.92 Å². The highest BCUT2D eigenvalue weighted by Gasteiger charge is 2.19. The molecule has 0 aliphatic carbocycles. The molecule has 1 aliphatic heterocycles. The van der Waals surface area contributed by atoms with Crippen molar-refractivity contribution in [3.05, 3.63) is 83.6 Å². The fourth-order valence-corrected chi connectivity index (χ4v) is 4.22. The van der Waals surface area contributed by atoms with E-state index < -0.39 is 0 Å². The minimum Gasteiger partial charge on any atom is -0.379 e. The van der Waals surface area contributed by atoms with Crippen LogP contribution in [-0.4, -0.2) is 48.1 Å². The number of carbonyl (C=O) groups excluding carboxylic acids is 1. The van der Waals surface area contributed by atoms with Gasteiger partial charge in [0.1, 0.15) is 0 Å². The standard InChI is InChI=1S/C26H30N2O2/c1-21-24(26(29)19-22-9-4-2-5-10-22)20-25(23-11-6-3-7-12-23)28(21)14-8-13-27-15-17-30-18-16-27/h2-7,9-12,20H,8,13-19H2,1H3. The summed E-state index contributed by atoms with van der Waals surface area (Å²) in [7, 11) is 0. The summed E-state index contributed by atoms with van der Waals surface area (Å²) in [6, 6.07) is 22.5. The quantitative estimate of drug-likeness (QED) is 0.516. The molecule has 1 aliphatic rings. The van der Waals surface area contributed by atoms with E-state index in [1.165, 1.54) is 0 Å². The number of rotatable bonds is 8. The lowest BCUT2D eigenvalue weighted by molar-refractivity contribution is 0.0369. The maximum Gasteiger partial charge on any atom is 0.169 e. The van der Waals surface area contributed by atoms with E-state index in [1.54, 1.807) is 0 Å². The number of nitrogens with zero attached hydrogens (tertiary/aromatic N) is 2. The highest BCUT2D eigenvalue weighted by atomic mass is 16.5. The van der Waals surface area contributed by atoms with Crippen molar-refractivity contribution in [3.8, 4) is 11.3 Å². The molecular weight excluding hydrogens is 372 g/mol. The van der Waals surface area contributed by atoms with Crippen molar-refractivity contribution in [1.82, 2.24) is 9.47 Å². The molecule has 0 unspecified atom stereocenters. The van der Waals surface area contributed by atoms with Gasteiger partial charge in [0.2, 0.25) is 0 Å². The maximum absolute atomic E-state index is 13.1. The molecule has 1 fully saturated rings. The van der Waals surface area contributed by atoms with Crippen LogP contribution < -0.4 is 0 Å². The third-order valence-electron chi connectivity index (χ3n) is 5.90. The molecule has 1 aromatic heterocycles. The Morgan fingerprint density at radius 2 is 1.60 bits per heavy atom. The maximum atomic E-state index is 13.1. The lowest BCUT2D eigenvalue weighted by Crippen LogP contribution is -2.37. The number of ether oxygens (including phenoxy) is 1. The highest BCUT2D eigenvalue weighted by molar-refractivity contribution is 6.00. The summed E-state index contributed by atoms with van der Waals surface area (Å²) in [5.41, 5.74) is 5.25. The molecule has 30 heavy (non-hydrogen) atoms. The highest BCUT2D eigenvalue weighted by Crippen LogP contribution is 2.27. The second-order valence-corrected chi connectivity index (χ2v) is 7.94. The van der Waals surface area contributed by atoms with Gasteiger partial charge >= 0.3 is 0 Å². The molecule has 2 aromatic carbocycles. The van der Waals surface area contributed by atoms with Crippen LogP contribution in [0.15, 0.2) is 66.7 Å². The summed E-state index contributed by atoms with van der Waals surface area (Å²) in [4.78, 5) is 15.6. The predicted molar refractivity (Wildman–Crippen MR) is 121 cm³/mol. The van der Waals surface area contributed by atoms with Gasteiger partial charge in [0.05, 0.1) is 13.2 Å². The minimum absolute atomic E-state index is 0.183. The Bertz CT molecular complexity index is 957. The average molecular weight is 403 g/mol. The predicted octanol–water partition coefficient (Wildman–Crippen LogP) is 4.61. The molecule has 4 nitrogen and oxygen atoms in total. The first kappa shape index (κ1) is 20.6. The molecule has 3 aromatic rings. The summed E-state index contributed by atoms with van der Waals surface area (Å²) in [6.07, 6.45) is 1.50. The number of hydrogen-bond donors (Lipinski definition) is 0. The van der Waals surface area contributed by atoms with Crippen LogP contribution in [0.4, 0.5) is 0 Å². The zero-order valence-electron chi connectivity index (χ0n) is 17.7. The van der Waals surface area contributed by atoms with E-state index in [0.29, 0.717) is 6.42 Å². The summed E-state index contributed by atoms with van der Waals surface area (Å²) in [5, 5.41) is 0. The SMILES string of the molecule is Cc1c(C(=O)Cc2ccccc2)cc(-c2ccccc2)n1CCCN1CCOCC1. The molecule has 0 spiro atoms. The molecule has 0 atom stereocenters. The minimum atomic E-state index is 0.183. The Morgan fingerprint density at radius 3 is 2.30 bits per heavy atom. The van der Waals surface area contributed by atoms with Gasteiger partial charge in [-0.3, -0.25) is 9.69 Å². The van der Waals surface area contributed by atoms with Crippen molar-refractivity contribution in [2.24, 2.45) is 0 Å². The van der Waals surface area contributed by atoms with Gasteiger partial charge in [-0.25, -0.2) is 0 Å². The lowest BCUT2D eigenvalue weighted by Gasteiger charge is -2.26. The third kappa shape index (κ3) is 4.89. The summed E-state index contributed by atoms with van der Waals surface area (Å²) < 4.78 is 7.78. The number of Topliss-reactive ketones (excluding diaryl/α,β-unsaturated/α-hetero) is 1. The van der Waals surface area contributed by atoms with Crippen LogP contribution in [-0.2, 0) is 17.7 Å². The summed E-state index contributed by atoms with van der Waals surface area (Å²) >= 11 is 0. The number of benzene rings is 2.